The Kier molecular flexibility index (Phi) is 5.59. The highest BCUT2D eigenvalue weighted by molar-refractivity contribution is 6.16. The Morgan fingerprint density at radius 2 is 1.27 bits per heavy atom. The number of nitrogens with one attached hydrogen (secondary N) is 1. The van der Waals surface area contributed by atoms with Crippen molar-refractivity contribution in [3.63, 3.8) is 0 Å². The average Bonchev–Trinajstić information content (AvgIpc) is 3.50. The Balaban J connectivity index is 1.23. The topological polar surface area (TPSA) is 62.8 Å². The summed E-state index contributed by atoms with van der Waals surface area (Å²) >= 11 is 0. The van der Waals surface area contributed by atoms with Gasteiger partial charge in [-0.25, -0.2) is 15.0 Å². The van der Waals surface area contributed by atoms with Gasteiger partial charge in [-0.3, -0.25) is 0 Å². The summed E-state index contributed by atoms with van der Waals surface area (Å²) < 4.78 is 6.46. The van der Waals surface area contributed by atoms with E-state index < -0.39 is 0 Å². The van der Waals surface area contributed by atoms with Crippen molar-refractivity contribution in [3.8, 4) is 11.5 Å². The van der Waals surface area contributed by atoms with E-state index in [0.717, 1.165) is 56.7 Å². The number of oxazole rings is 1. The first-order chi connectivity index (χ1) is 20.3. The van der Waals surface area contributed by atoms with Crippen LogP contribution in [0.15, 0.2) is 136 Å². The minimum Gasteiger partial charge on any atom is -0.435 e. The van der Waals surface area contributed by atoms with Crippen molar-refractivity contribution < 1.29 is 4.42 Å². The van der Waals surface area contributed by atoms with Crippen LogP contribution < -0.4 is 5.32 Å². The molecule has 0 amide bonds. The van der Waals surface area contributed by atoms with E-state index >= 15 is 0 Å². The largest absolute Gasteiger partial charge is 0.435 e. The molecule has 1 unspecified atom stereocenters. The van der Waals surface area contributed by atoms with Crippen molar-refractivity contribution >= 4 is 39.6 Å². The highest BCUT2D eigenvalue weighted by atomic mass is 16.3. The van der Waals surface area contributed by atoms with Crippen LogP contribution >= 0.6 is 0 Å². The van der Waals surface area contributed by atoms with E-state index in [9.17, 15) is 0 Å². The number of rotatable bonds is 4. The molecule has 1 atom stereocenters. The number of hydrogen-bond donors (Lipinski definition) is 1. The van der Waals surface area contributed by atoms with Crippen LogP contribution in [-0.2, 0) is 6.42 Å². The molecule has 6 aromatic rings. The van der Waals surface area contributed by atoms with Crippen LogP contribution in [0, 0.1) is 5.92 Å². The van der Waals surface area contributed by atoms with E-state index in [2.05, 4.69) is 66.0 Å². The fraction of sp³-hybridized carbons (Fsp3) is 0.0833. The second-order valence-corrected chi connectivity index (χ2v) is 10.5. The number of nitrogens with zero attached hydrogens (tertiary/aromatic N) is 3. The van der Waals surface area contributed by atoms with Crippen molar-refractivity contribution in [2.75, 3.05) is 0 Å². The molecule has 8 rings (SSSR count). The fourth-order valence-corrected chi connectivity index (χ4v) is 5.84. The number of fused-ring (bicyclic) bond motifs is 5. The van der Waals surface area contributed by atoms with Crippen LogP contribution in [0.25, 0.3) is 39.4 Å². The molecule has 5 aromatic carbocycles. The van der Waals surface area contributed by atoms with Gasteiger partial charge in [0.1, 0.15) is 17.2 Å². The van der Waals surface area contributed by atoms with Gasteiger partial charge in [0.15, 0.2) is 11.7 Å². The maximum absolute atomic E-state index is 6.46. The fourth-order valence-electron chi connectivity index (χ4n) is 5.84. The number of aliphatic imine (C=N–C) groups is 2. The standard InChI is InChI=1S/C36H26N4O/c1-4-10-25(11-5-1)33-38-34(26-12-6-2-7-13-26)40-35(39-33)28-19-17-23-16-18-24-20-21-30-32(31(24)29(23)22-28)41-36(37-30)27-14-8-3-9-15-27/h1-21,28,35H,22H2,(H,38,39,40). The van der Waals surface area contributed by atoms with Crippen LogP contribution in [0.1, 0.15) is 22.3 Å². The van der Waals surface area contributed by atoms with E-state index in [4.69, 9.17) is 19.4 Å². The van der Waals surface area contributed by atoms with Gasteiger partial charge >= 0.3 is 0 Å². The van der Waals surface area contributed by atoms with Crippen molar-refractivity contribution in [2.24, 2.45) is 15.9 Å². The van der Waals surface area contributed by atoms with E-state index in [-0.39, 0.29) is 12.1 Å². The van der Waals surface area contributed by atoms with Gasteiger partial charge < -0.3 is 9.73 Å². The molecule has 0 saturated carbocycles. The highest BCUT2D eigenvalue weighted by Gasteiger charge is 2.29. The summed E-state index contributed by atoms with van der Waals surface area (Å²) in [4.78, 5) is 15.1. The molecule has 0 radical (unpaired) electrons. The summed E-state index contributed by atoms with van der Waals surface area (Å²) in [7, 11) is 0. The van der Waals surface area contributed by atoms with E-state index in [1.807, 2.05) is 66.7 Å². The molecule has 1 N–H and O–H groups in total. The Labute approximate surface area is 237 Å². The number of hydrogen-bond acceptors (Lipinski definition) is 5. The van der Waals surface area contributed by atoms with E-state index in [1.165, 1.54) is 11.1 Å². The maximum atomic E-state index is 6.46. The summed E-state index contributed by atoms with van der Waals surface area (Å²) in [5.74, 6) is 2.40. The highest BCUT2D eigenvalue weighted by Crippen LogP contribution is 2.38. The predicted molar refractivity (Wildman–Crippen MR) is 166 cm³/mol. The lowest BCUT2D eigenvalue weighted by molar-refractivity contribution is 0.511. The van der Waals surface area contributed by atoms with Gasteiger partial charge in [0.2, 0.25) is 5.89 Å². The molecule has 0 fully saturated rings. The van der Waals surface area contributed by atoms with Gasteiger partial charge in [0.05, 0.1) is 0 Å². The summed E-state index contributed by atoms with van der Waals surface area (Å²) in [5.41, 5.74) is 7.22. The summed E-state index contributed by atoms with van der Waals surface area (Å²) in [5, 5.41) is 5.77. The van der Waals surface area contributed by atoms with Gasteiger partial charge in [-0.2, -0.15) is 0 Å². The lowest BCUT2D eigenvalue weighted by Gasteiger charge is -2.28. The third-order valence-electron chi connectivity index (χ3n) is 7.90. The van der Waals surface area contributed by atoms with Crippen LogP contribution in [0.2, 0.25) is 0 Å². The second-order valence-electron chi connectivity index (χ2n) is 10.5. The lowest BCUT2D eigenvalue weighted by atomic mass is 9.84. The molecule has 5 heteroatoms. The first-order valence-electron chi connectivity index (χ1n) is 13.9. The Morgan fingerprint density at radius 3 is 1.93 bits per heavy atom. The molecule has 0 spiro atoms. The summed E-state index contributed by atoms with van der Waals surface area (Å²) in [6, 6.07) is 39.2. The van der Waals surface area contributed by atoms with Crippen LogP contribution in [-0.4, -0.2) is 22.8 Å². The molecule has 1 aliphatic carbocycles. The van der Waals surface area contributed by atoms with Crippen LogP contribution in [0.5, 0.6) is 0 Å². The van der Waals surface area contributed by atoms with Crippen molar-refractivity contribution in [1.29, 1.82) is 0 Å². The zero-order chi connectivity index (χ0) is 27.2. The van der Waals surface area contributed by atoms with Crippen LogP contribution in [0.4, 0.5) is 0 Å². The van der Waals surface area contributed by atoms with E-state index in [0.29, 0.717) is 5.89 Å². The van der Waals surface area contributed by atoms with Crippen molar-refractivity contribution in [1.82, 2.24) is 10.3 Å². The van der Waals surface area contributed by atoms with Crippen LogP contribution in [0.3, 0.4) is 0 Å². The zero-order valence-corrected chi connectivity index (χ0v) is 22.2. The summed E-state index contributed by atoms with van der Waals surface area (Å²) in [6.07, 6.45) is 5.01. The smallest absolute Gasteiger partial charge is 0.227 e. The third kappa shape index (κ3) is 4.23. The quantitative estimate of drug-likeness (QED) is 0.255. The SMILES string of the molecule is C1=CC(C2N=C(c3ccccc3)NC(c3ccccc3)=N2)Cc2c1ccc1ccc3nc(-c4ccccc4)oc3c21. The Morgan fingerprint density at radius 1 is 0.659 bits per heavy atom. The van der Waals surface area contributed by atoms with Gasteiger partial charge in [-0.15, -0.1) is 0 Å². The zero-order valence-electron chi connectivity index (χ0n) is 22.2. The van der Waals surface area contributed by atoms with Crippen molar-refractivity contribution in [2.45, 2.75) is 12.6 Å². The van der Waals surface area contributed by atoms with Gasteiger partial charge in [0, 0.05) is 28.0 Å². The predicted octanol–water partition coefficient (Wildman–Crippen LogP) is 7.66. The lowest BCUT2D eigenvalue weighted by Crippen LogP contribution is -2.39. The van der Waals surface area contributed by atoms with Gasteiger partial charge in [0.25, 0.3) is 0 Å². The Hall–Kier alpha value is -5.29. The maximum Gasteiger partial charge on any atom is 0.227 e. The molecule has 0 saturated heterocycles. The minimum atomic E-state index is -0.268. The van der Waals surface area contributed by atoms with Crippen molar-refractivity contribution in [3.05, 3.63) is 144 Å². The first kappa shape index (κ1) is 23.6. The Bertz CT molecular complexity index is 1930. The molecule has 2 heterocycles. The molecule has 1 aliphatic heterocycles. The normalized spacial score (nSPS) is 16.7. The molecular formula is C36H26N4O. The third-order valence-corrected chi connectivity index (χ3v) is 7.90. The molecular weight excluding hydrogens is 504 g/mol. The monoisotopic (exact) mass is 530 g/mol. The number of benzene rings is 5. The molecule has 2 aliphatic rings. The molecule has 1 aromatic heterocycles. The minimum absolute atomic E-state index is 0.0828. The van der Waals surface area contributed by atoms with Gasteiger partial charge in [-0.05, 0) is 41.1 Å². The molecule has 5 nitrogen and oxygen atoms in total. The first-order valence-corrected chi connectivity index (χ1v) is 13.9. The molecule has 196 valence electrons. The molecule has 41 heavy (non-hydrogen) atoms. The average molecular weight is 531 g/mol. The van der Waals surface area contributed by atoms with Gasteiger partial charge in [-0.1, -0.05) is 109 Å². The summed E-state index contributed by atoms with van der Waals surface area (Å²) in [6.45, 7) is 0. The second kappa shape index (κ2) is 9.72. The number of aromatic nitrogens is 1. The molecule has 0 bridgehead atoms. The van der Waals surface area contributed by atoms with E-state index in [1.54, 1.807) is 0 Å². The number of amidine groups is 2.